The number of fused-ring (bicyclic) bond motifs is 2. The number of aromatic amines is 1. The molecular weight excluding hydrogens is 324 g/mol. The minimum atomic E-state index is 0.657. The highest BCUT2D eigenvalue weighted by Gasteiger charge is 2.23. The first-order valence-corrected chi connectivity index (χ1v) is 10.1. The van der Waals surface area contributed by atoms with Crippen LogP contribution in [0.3, 0.4) is 0 Å². The molecule has 1 aliphatic rings. The van der Waals surface area contributed by atoms with Crippen LogP contribution in [-0.2, 0) is 19.3 Å². The van der Waals surface area contributed by atoms with Crippen molar-refractivity contribution in [1.82, 2.24) is 9.88 Å². The molecule has 4 rings (SSSR count). The first kappa shape index (κ1) is 16.7. The monoisotopic (exact) mass is 350 g/mol. The Bertz CT molecular complexity index is 842. The number of nitrogens with one attached hydrogen (secondary N) is 1. The summed E-state index contributed by atoms with van der Waals surface area (Å²) in [5.41, 5.74) is 5.79. The van der Waals surface area contributed by atoms with Crippen LogP contribution in [0.15, 0.2) is 53.6 Å². The van der Waals surface area contributed by atoms with Crippen molar-refractivity contribution in [3.63, 3.8) is 0 Å². The Balaban J connectivity index is 1.56. The lowest BCUT2D eigenvalue weighted by Gasteiger charge is -2.14. The highest BCUT2D eigenvalue weighted by atomic mass is 32.2. The molecule has 0 aliphatic heterocycles. The lowest BCUT2D eigenvalue weighted by atomic mass is 10.1. The van der Waals surface area contributed by atoms with E-state index >= 15 is 0 Å². The number of aromatic nitrogens is 1. The van der Waals surface area contributed by atoms with E-state index in [-0.39, 0.29) is 0 Å². The predicted octanol–water partition coefficient (Wildman–Crippen LogP) is 4.92. The summed E-state index contributed by atoms with van der Waals surface area (Å²) in [5.74, 6) is 0. The van der Waals surface area contributed by atoms with Crippen LogP contribution in [-0.4, -0.2) is 35.3 Å². The maximum Gasteiger partial charge on any atom is 0.0468 e. The summed E-state index contributed by atoms with van der Waals surface area (Å²) in [4.78, 5) is 7.29. The van der Waals surface area contributed by atoms with E-state index < -0.39 is 0 Å². The van der Waals surface area contributed by atoms with Gasteiger partial charge in [0, 0.05) is 33.8 Å². The van der Waals surface area contributed by atoms with E-state index in [1.54, 1.807) is 0 Å². The quantitative estimate of drug-likeness (QED) is 0.680. The summed E-state index contributed by atoms with van der Waals surface area (Å²) in [7, 11) is 2.19. The maximum absolute atomic E-state index is 3.48. The van der Waals surface area contributed by atoms with Crippen LogP contribution in [0, 0.1) is 0 Å². The second-order valence-corrected chi connectivity index (χ2v) is 8.40. The third kappa shape index (κ3) is 3.49. The van der Waals surface area contributed by atoms with Gasteiger partial charge in [-0.3, -0.25) is 0 Å². The highest BCUT2D eigenvalue weighted by Crippen LogP contribution is 2.38. The average Bonchev–Trinajstić information content (AvgIpc) is 3.23. The van der Waals surface area contributed by atoms with Gasteiger partial charge in [-0.05, 0) is 61.7 Å². The van der Waals surface area contributed by atoms with Crippen molar-refractivity contribution < 1.29 is 0 Å². The van der Waals surface area contributed by atoms with E-state index in [9.17, 15) is 0 Å². The number of thioether (sulfide) groups is 1. The molecule has 0 fully saturated rings. The molecule has 130 valence electrons. The van der Waals surface area contributed by atoms with E-state index in [0.29, 0.717) is 5.25 Å². The summed E-state index contributed by atoms with van der Waals surface area (Å²) >= 11 is 2.06. The zero-order valence-electron chi connectivity index (χ0n) is 15.1. The molecule has 3 heteroatoms. The minimum Gasteiger partial charge on any atom is -0.361 e. The molecule has 3 aromatic rings. The fourth-order valence-corrected chi connectivity index (χ4v) is 5.17. The van der Waals surface area contributed by atoms with Crippen LogP contribution >= 0.6 is 11.8 Å². The smallest absolute Gasteiger partial charge is 0.0468 e. The molecule has 0 radical (unpaired) electrons. The molecule has 0 bridgehead atoms. The first-order valence-electron chi connectivity index (χ1n) is 9.25. The minimum absolute atomic E-state index is 0.657. The number of likely N-dealkylation sites (N-methyl/N-ethyl adjacent to an activating group) is 1. The Morgan fingerprint density at radius 1 is 1.08 bits per heavy atom. The molecule has 2 nitrogen and oxygen atoms in total. The average molecular weight is 351 g/mol. The molecule has 0 amide bonds. The fourth-order valence-electron chi connectivity index (χ4n) is 3.77. The Morgan fingerprint density at radius 3 is 2.56 bits per heavy atom. The third-order valence-electron chi connectivity index (χ3n) is 5.36. The Labute approximate surface area is 154 Å². The SMILES string of the molecule is CCN(C)CCc1c[nH]c2cccc(SC3Cc4ccccc4C3)c12. The summed E-state index contributed by atoms with van der Waals surface area (Å²) in [6, 6.07) is 15.6. The Morgan fingerprint density at radius 2 is 1.84 bits per heavy atom. The fraction of sp³-hybridized carbons (Fsp3) is 0.364. The molecule has 0 atom stereocenters. The van der Waals surface area contributed by atoms with Gasteiger partial charge in [-0.2, -0.15) is 0 Å². The van der Waals surface area contributed by atoms with Crippen LogP contribution in [0.25, 0.3) is 10.9 Å². The summed E-state index contributed by atoms with van der Waals surface area (Å²) in [6.45, 7) is 4.43. The molecule has 0 saturated heterocycles. The van der Waals surface area contributed by atoms with Crippen molar-refractivity contribution in [1.29, 1.82) is 0 Å². The molecule has 0 unspecified atom stereocenters. The van der Waals surface area contributed by atoms with E-state index in [1.165, 1.54) is 45.3 Å². The van der Waals surface area contributed by atoms with Gasteiger partial charge in [0.1, 0.15) is 0 Å². The second-order valence-electron chi connectivity index (χ2n) is 7.06. The maximum atomic E-state index is 3.48. The topological polar surface area (TPSA) is 19.0 Å². The molecule has 2 aromatic carbocycles. The Kier molecular flexibility index (Phi) is 4.87. The van der Waals surface area contributed by atoms with E-state index in [4.69, 9.17) is 0 Å². The van der Waals surface area contributed by atoms with Crippen LogP contribution in [0.4, 0.5) is 0 Å². The van der Waals surface area contributed by atoms with Crippen molar-refractivity contribution >= 4 is 22.7 Å². The second kappa shape index (κ2) is 7.27. The van der Waals surface area contributed by atoms with Gasteiger partial charge in [0.25, 0.3) is 0 Å². The van der Waals surface area contributed by atoms with Gasteiger partial charge >= 0.3 is 0 Å². The number of benzene rings is 2. The molecule has 1 N–H and O–H groups in total. The van der Waals surface area contributed by atoms with Crippen molar-refractivity contribution in [3.8, 4) is 0 Å². The standard InChI is InChI=1S/C22H26N2S/c1-3-24(2)12-11-18-15-23-20-9-6-10-21(22(18)20)25-19-13-16-7-4-5-8-17(16)14-19/h4-10,15,19,23H,3,11-14H2,1-2H3. The normalized spacial score (nSPS) is 14.5. The van der Waals surface area contributed by atoms with Crippen molar-refractivity contribution in [2.24, 2.45) is 0 Å². The van der Waals surface area contributed by atoms with Crippen LogP contribution in [0.2, 0.25) is 0 Å². The number of hydrogen-bond acceptors (Lipinski definition) is 2. The predicted molar refractivity (Wildman–Crippen MR) is 109 cm³/mol. The number of H-pyrrole nitrogens is 1. The van der Waals surface area contributed by atoms with Gasteiger partial charge in [-0.25, -0.2) is 0 Å². The molecule has 0 spiro atoms. The number of nitrogens with zero attached hydrogens (tertiary/aromatic N) is 1. The lowest BCUT2D eigenvalue weighted by Crippen LogP contribution is -2.20. The van der Waals surface area contributed by atoms with Crippen molar-refractivity contribution in [2.75, 3.05) is 20.1 Å². The van der Waals surface area contributed by atoms with Gasteiger partial charge in [0.15, 0.2) is 0 Å². The van der Waals surface area contributed by atoms with Gasteiger partial charge in [0.05, 0.1) is 0 Å². The lowest BCUT2D eigenvalue weighted by molar-refractivity contribution is 0.358. The highest BCUT2D eigenvalue weighted by molar-refractivity contribution is 8.00. The first-order chi connectivity index (χ1) is 12.2. The van der Waals surface area contributed by atoms with Crippen molar-refractivity contribution in [3.05, 3.63) is 65.4 Å². The number of rotatable bonds is 6. The van der Waals surface area contributed by atoms with Gasteiger partial charge in [-0.1, -0.05) is 37.3 Å². The van der Waals surface area contributed by atoms with E-state index in [1.807, 2.05) is 0 Å². The molecule has 1 aliphatic carbocycles. The zero-order chi connectivity index (χ0) is 17.2. The zero-order valence-corrected chi connectivity index (χ0v) is 15.9. The van der Waals surface area contributed by atoms with E-state index in [2.05, 4.69) is 84.3 Å². The van der Waals surface area contributed by atoms with Crippen LogP contribution in [0.1, 0.15) is 23.6 Å². The largest absolute Gasteiger partial charge is 0.361 e. The number of hydrogen-bond donors (Lipinski definition) is 1. The van der Waals surface area contributed by atoms with Gasteiger partial charge in [0.2, 0.25) is 0 Å². The molecular formula is C22H26N2S. The molecule has 25 heavy (non-hydrogen) atoms. The summed E-state index contributed by atoms with van der Waals surface area (Å²) in [5, 5.41) is 2.09. The van der Waals surface area contributed by atoms with E-state index in [0.717, 1.165) is 19.5 Å². The van der Waals surface area contributed by atoms with Gasteiger partial charge < -0.3 is 9.88 Å². The van der Waals surface area contributed by atoms with Crippen LogP contribution < -0.4 is 0 Å². The summed E-state index contributed by atoms with van der Waals surface area (Å²) in [6.07, 6.45) is 5.69. The molecule has 0 saturated carbocycles. The molecule has 1 aromatic heterocycles. The summed E-state index contributed by atoms with van der Waals surface area (Å²) < 4.78 is 0. The van der Waals surface area contributed by atoms with Crippen LogP contribution in [0.5, 0.6) is 0 Å². The van der Waals surface area contributed by atoms with Gasteiger partial charge in [-0.15, -0.1) is 11.8 Å². The van der Waals surface area contributed by atoms with Crippen molar-refractivity contribution in [2.45, 2.75) is 36.3 Å². The molecule has 1 heterocycles. The Hall–Kier alpha value is -1.71. The third-order valence-corrected chi connectivity index (χ3v) is 6.62.